The molecular formula is C14H17NO5. The highest BCUT2D eigenvalue weighted by Crippen LogP contribution is 2.38. The van der Waals surface area contributed by atoms with Crippen molar-refractivity contribution in [3.63, 3.8) is 0 Å². The van der Waals surface area contributed by atoms with Crippen LogP contribution in [0.25, 0.3) is 0 Å². The summed E-state index contributed by atoms with van der Waals surface area (Å²) in [6.07, 6.45) is -0.00381. The van der Waals surface area contributed by atoms with Crippen LogP contribution in [-0.2, 0) is 9.59 Å². The topological polar surface area (TPSA) is 87.1 Å². The van der Waals surface area contributed by atoms with Gasteiger partial charge in [0.2, 0.25) is 0 Å². The van der Waals surface area contributed by atoms with Crippen LogP contribution in [0.3, 0.4) is 0 Å². The van der Waals surface area contributed by atoms with Crippen LogP contribution in [0.4, 0.5) is 5.69 Å². The predicted octanol–water partition coefficient (Wildman–Crippen LogP) is 1.76. The number of carboxylic acids is 1. The Balaban J connectivity index is 2.53. The zero-order valence-electron chi connectivity index (χ0n) is 11.4. The number of aliphatic carboxylic acids is 1. The molecule has 0 saturated heterocycles. The Morgan fingerprint density at radius 1 is 1.45 bits per heavy atom. The highest BCUT2D eigenvalue weighted by atomic mass is 16.5. The average Bonchev–Trinajstić information content (AvgIpc) is 2.41. The van der Waals surface area contributed by atoms with Crippen molar-refractivity contribution in [3.8, 4) is 11.5 Å². The van der Waals surface area contributed by atoms with E-state index in [0.717, 1.165) is 0 Å². The third kappa shape index (κ3) is 2.29. The molecule has 2 N–H and O–H groups in total. The van der Waals surface area contributed by atoms with Crippen molar-refractivity contribution < 1.29 is 24.5 Å². The number of aromatic hydroxyl groups is 1. The molecule has 2 unspecified atom stereocenters. The van der Waals surface area contributed by atoms with Crippen molar-refractivity contribution in [2.24, 2.45) is 0 Å². The van der Waals surface area contributed by atoms with Crippen molar-refractivity contribution in [2.75, 3.05) is 4.90 Å². The van der Waals surface area contributed by atoms with Gasteiger partial charge in [-0.2, -0.15) is 0 Å². The molecule has 1 aliphatic heterocycles. The second-order valence-electron chi connectivity index (χ2n) is 4.64. The number of nitrogens with zero attached hydrogens (tertiary/aromatic N) is 1. The smallest absolute Gasteiger partial charge is 0.326 e. The normalized spacial score (nSPS) is 19.2. The summed E-state index contributed by atoms with van der Waals surface area (Å²) in [5.41, 5.74) is 0.381. The summed E-state index contributed by atoms with van der Waals surface area (Å²) in [5, 5.41) is 18.8. The highest BCUT2D eigenvalue weighted by Gasteiger charge is 2.39. The zero-order valence-corrected chi connectivity index (χ0v) is 11.4. The zero-order chi connectivity index (χ0) is 14.9. The highest BCUT2D eigenvalue weighted by molar-refractivity contribution is 6.04. The SMILES string of the molecule is CCC1Oc2cc(O)ccc2N(C(CC)C(=O)O)C1=O. The molecule has 1 aliphatic rings. The number of fused-ring (bicyclic) bond motifs is 1. The molecule has 0 radical (unpaired) electrons. The number of carbonyl (C=O) groups excluding carboxylic acids is 1. The number of anilines is 1. The molecule has 0 spiro atoms. The monoisotopic (exact) mass is 279 g/mol. The molecule has 1 aromatic rings. The van der Waals surface area contributed by atoms with Gasteiger partial charge in [0.15, 0.2) is 6.10 Å². The van der Waals surface area contributed by atoms with E-state index in [-0.39, 0.29) is 18.1 Å². The van der Waals surface area contributed by atoms with E-state index >= 15 is 0 Å². The van der Waals surface area contributed by atoms with E-state index in [4.69, 9.17) is 4.74 Å². The van der Waals surface area contributed by atoms with Crippen molar-refractivity contribution in [1.29, 1.82) is 0 Å². The standard InChI is InChI=1S/C14H17NO5/c1-3-9(14(18)19)15-10-6-5-8(16)7-12(10)20-11(4-2)13(15)17/h5-7,9,11,16H,3-4H2,1-2H3,(H,18,19). The van der Waals surface area contributed by atoms with Gasteiger partial charge in [0, 0.05) is 6.07 Å². The lowest BCUT2D eigenvalue weighted by Crippen LogP contribution is -2.53. The second kappa shape index (κ2) is 5.40. The van der Waals surface area contributed by atoms with Gasteiger partial charge in [0.05, 0.1) is 5.69 Å². The molecular weight excluding hydrogens is 262 g/mol. The third-order valence-corrected chi connectivity index (χ3v) is 3.34. The molecule has 0 aromatic heterocycles. The molecule has 6 heteroatoms. The first-order valence-electron chi connectivity index (χ1n) is 6.55. The quantitative estimate of drug-likeness (QED) is 0.877. The molecule has 1 heterocycles. The summed E-state index contributed by atoms with van der Waals surface area (Å²) < 4.78 is 5.53. The maximum atomic E-state index is 12.4. The Morgan fingerprint density at radius 3 is 2.70 bits per heavy atom. The van der Waals surface area contributed by atoms with Crippen LogP contribution in [0.15, 0.2) is 18.2 Å². The summed E-state index contributed by atoms with van der Waals surface area (Å²) >= 11 is 0. The van der Waals surface area contributed by atoms with Crippen LogP contribution in [-0.4, -0.2) is 34.2 Å². The van der Waals surface area contributed by atoms with Crippen molar-refractivity contribution >= 4 is 17.6 Å². The number of phenols is 1. The lowest BCUT2D eigenvalue weighted by Gasteiger charge is -2.37. The third-order valence-electron chi connectivity index (χ3n) is 3.34. The first kappa shape index (κ1) is 14.2. The van der Waals surface area contributed by atoms with Gasteiger partial charge in [-0.25, -0.2) is 4.79 Å². The molecule has 2 atom stereocenters. The van der Waals surface area contributed by atoms with Crippen LogP contribution in [0.5, 0.6) is 11.5 Å². The number of carboxylic acid groups (broad SMARTS) is 1. The number of benzene rings is 1. The Bertz CT molecular complexity index is 542. The molecule has 108 valence electrons. The summed E-state index contributed by atoms with van der Waals surface area (Å²) in [6, 6.07) is 3.36. The first-order valence-corrected chi connectivity index (χ1v) is 6.55. The van der Waals surface area contributed by atoms with Gasteiger partial charge in [-0.05, 0) is 25.0 Å². The number of amides is 1. The fourth-order valence-electron chi connectivity index (χ4n) is 2.32. The van der Waals surface area contributed by atoms with E-state index in [1.807, 2.05) is 0 Å². The van der Waals surface area contributed by atoms with Gasteiger partial charge in [0.1, 0.15) is 17.5 Å². The number of hydrogen-bond donors (Lipinski definition) is 2. The van der Waals surface area contributed by atoms with Gasteiger partial charge >= 0.3 is 5.97 Å². The minimum absolute atomic E-state index is 0.0104. The van der Waals surface area contributed by atoms with Gasteiger partial charge < -0.3 is 14.9 Å². The van der Waals surface area contributed by atoms with Crippen molar-refractivity contribution in [1.82, 2.24) is 0 Å². The van der Waals surface area contributed by atoms with Crippen LogP contribution in [0, 0.1) is 0 Å². The molecule has 20 heavy (non-hydrogen) atoms. The minimum Gasteiger partial charge on any atom is -0.508 e. The largest absolute Gasteiger partial charge is 0.508 e. The number of rotatable bonds is 4. The molecule has 0 fully saturated rings. The van der Waals surface area contributed by atoms with Gasteiger partial charge in [-0.1, -0.05) is 13.8 Å². The molecule has 0 bridgehead atoms. The maximum Gasteiger partial charge on any atom is 0.326 e. The van der Waals surface area contributed by atoms with Crippen LogP contribution < -0.4 is 9.64 Å². The van der Waals surface area contributed by atoms with Gasteiger partial charge in [-0.3, -0.25) is 9.69 Å². The maximum absolute atomic E-state index is 12.4. The Morgan fingerprint density at radius 2 is 2.15 bits per heavy atom. The van der Waals surface area contributed by atoms with E-state index in [2.05, 4.69) is 0 Å². The average molecular weight is 279 g/mol. The predicted molar refractivity (Wildman–Crippen MR) is 72.0 cm³/mol. The molecule has 1 amide bonds. The number of hydrogen-bond acceptors (Lipinski definition) is 4. The molecule has 0 aliphatic carbocycles. The summed E-state index contributed by atoms with van der Waals surface area (Å²) in [5.74, 6) is -1.08. The van der Waals surface area contributed by atoms with E-state index in [0.29, 0.717) is 17.9 Å². The van der Waals surface area contributed by atoms with E-state index in [1.54, 1.807) is 13.8 Å². The van der Waals surface area contributed by atoms with E-state index < -0.39 is 18.1 Å². The molecule has 0 saturated carbocycles. The van der Waals surface area contributed by atoms with Crippen molar-refractivity contribution in [2.45, 2.75) is 38.8 Å². The van der Waals surface area contributed by atoms with Gasteiger partial charge in [0.25, 0.3) is 5.91 Å². The van der Waals surface area contributed by atoms with E-state index in [9.17, 15) is 19.8 Å². The summed E-state index contributed by atoms with van der Waals surface area (Å²) in [7, 11) is 0. The lowest BCUT2D eigenvalue weighted by molar-refractivity contribution is -0.141. The van der Waals surface area contributed by atoms with E-state index in [1.165, 1.54) is 23.1 Å². The number of ether oxygens (including phenoxy) is 1. The summed E-state index contributed by atoms with van der Waals surface area (Å²) in [4.78, 5) is 25.0. The summed E-state index contributed by atoms with van der Waals surface area (Å²) in [6.45, 7) is 3.50. The molecule has 2 rings (SSSR count). The van der Waals surface area contributed by atoms with Crippen molar-refractivity contribution in [3.05, 3.63) is 18.2 Å². The molecule has 1 aromatic carbocycles. The van der Waals surface area contributed by atoms with Gasteiger partial charge in [-0.15, -0.1) is 0 Å². The number of phenolic OH excluding ortho intramolecular Hbond substituents is 1. The second-order valence-corrected chi connectivity index (χ2v) is 4.64. The Kier molecular flexibility index (Phi) is 3.83. The fourth-order valence-corrected chi connectivity index (χ4v) is 2.32. The molecule has 6 nitrogen and oxygen atoms in total. The first-order chi connectivity index (χ1) is 9.49. The van der Waals surface area contributed by atoms with Crippen LogP contribution >= 0.6 is 0 Å². The lowest BCUT2D eigenvalue weighted by atomic mass is 10.1. The Hall–Kier alpha value is -2.24. The van der Waals surface area contributed by atoms with Crippen LogP contribution in [0.2, 0.25) is 0 Å². The number of carbonyl (C=O) groups is 2. The van der Waals surface area contributed by atoms with Crippen LogP contribution in [0.1, 0.15) is 26.7 Å². The fraction of sp³-hybridized carbons (Fsp3) is 0.429. The minimum atomic E-state index is -1.06. The Labute approximate surface area is 116 Å².